The van der Waals surface area contributed by atoms with Crippen LogP contribution in [0.3, 0.4) is 0 Å². The van der Waals surface area contributed by atoms with E-state index >= 15 is 0 Å². The Balaban J connectivity index is 2.18. The number of rotatable bonds is 7. The summed E-state index contributed by atoms with van der Waals surface area (Å²) < 4.78 is 0. The van der Waals surface area contributed by atoms with Gasteiger partial charge in [0, 0.05) is 18.9 Å². The number of imidazole rings is 1. The molecule has 1 amide bonds. The molecule has 1 aromatic heterocycles. The van der Waals surface area contributed by atoms with Gasteiger partial charge in [0.2, 0.25) is 11.9 Å². The first-order valence-electron chi connectivity index (χ1n) is 5.92. The minimum Gasteiger partial charge on any atom is -0.388 e. The van der Waals surface area contributed by atoms with Crippen molar-refractivity contribution in [3.8, 4) is 0 Å². The van der Waals surface area contributed by atoms with Gasteiger partial charge in [0.05, 0.1) is 11.9 Å². The monoisotopic (exact) mass is 252 g/mol. The SMILES string of the molecule is CC(N)=NCCCCC(N)C(=O)Nc1ncc[nH]1. The number of anilines is 1. The van der Waals surface area contributed by atoms with E-state index in [0.29, 0.717) is 24.7 Å². The fourth-order valence-electron chi connectivity index (χ4n) is 1.41. The summed E-state index contributed by atoms with van der Waals surface area (Å²) in [5.74, 6) is 0.761. The molecule has 7 heteroatoms. The second kappa shape index (κ2) is 7.44. The van der Waals surface area contributed by atoms with E-state index in [1.165, 1.54) is 0 Å². The van der Waals surface area contributed by atoms with Crippen LogP contribution in [-0.2, 0) is 4.79 Å². The number of hydrogen-bond acceptors (Lipinski definition) is 4. The van der Waals surface area contributed by atoms with Crippen molar-refractivity contribution in [3.63, 3.8) is 0 Å². The second-order valence-electron chi connectivity index (χ2n) is 4.05. The lowest BCUT2D eigenvalue weighted by Crippen LogP contribution is -2.35. The summed E-state index contributed by atoms with van der Waals surface area (Å²) in [5, 5.41) is 2.60. The number of unbranched alkanes of at least 4 members (excludes halogenated alkanes) is 1. The molecule has 0 bridgehead atoms. The third-order valence-electron chi connectivity index (χ3n) is 2.36. The predicted octanol–water partition coefficient (Wildman–Crippen LogP) is 0.223. The maximum Gasteiger partial charge on any atom is 0.243 e. The van der Waals surface area contributed by atoms with Crippen LogP contribution in [0.15, 0.2) is 17.4 Å². The molecule has 1 heterocycles. The largest absolute Gasteiger partial charge is 0.388 e. The molecule has 18 heavy (non-hydrogen) atoms. The van der Waals surface area contributed by atoms with Crippen molar-refractivity contribution in [2.24, 2.45) is 16.5 Å². The van der Waals surface area contributed by atoms with Crippen LogP contribution in [0.4, 0.5) is 5.95 Å². The highest BCUT2D eigenvalue weighted by atomic mass is 16.2. The number of nitrogens with two attached hydrogens (primary N) is 2. The van der Waals surface area contributed by atoms with Crippen molar-refractivity contribution in [3.05, 3.63) is 12.4 Å². The minimum atomic E-state index is -0.530. The number of amidine groups is 1. The molecular weight excluding hydrogens is 232 g/mol. The van der Waals surface area contributed by atoms with Gasteiger partial charge in [0.15, 0.2) is 0 Å². The molecule has 6 N–H and O–H groups in total. The molecular formula is C11H20N6O. The number of aliphatic imine (C=N–C) groups is 1. The van der Waals surface area contributed by atoms with Gasteiger partial charge in [-0.25, -0.2) is 4.98 Å². The summed E-state index contributed by atoms with van der Waals surface area (Å²) in [6.45, 7) is 2.43. The highest BCUT2D eigenvalue weighted by molar-refractivity contribution is 5.93. The molecule has 0 saturated heterocycles. The van der Waals surface area contributed by atoms with E-state index in [1.54, 1.807) is 19.3 Å². The van der Waals surface area contributed by atoms with Crippen LogP contribution in [0, 0.1) is 0 Å². The van der Waals surface area contributed by atoms with E-state index in [-0.39, 0.29) is 5.91 Å². The zero-order chi connectivity index (χ0) is 13.4. The van der Waals surface area contributed by atoms with Crippen molar-refractivity contribution < 1.29 is 4.79 Å². The summed E-state index contributed by atoms with van der Waals surface area (Å²) in [6.07, 6.45) is 5.52. The quantitative estimate of drug-likeness (QED) is 0.315. The smallest absolute Gasteiger partial charge is 0.243 e. The first kappa shape index (κ1) is 14.2. The number of carbonyl (C=O) groups excluding carboxylic acids is 1. The highest BCUT2D eigenvalue weighted by Gasteiger charge is 2.13. The lowest BCUT2D eigenvalue weighted by Gasteiger charge is -2.10. The van der Waals surface area contributed by atoms with Gasteiger partial charge in [-0.3, -0.25) is 15.1 Å². The molecule has 0 fully saturated rings. The Hall–Kier alpha value is -1.89. The molecule has 1 rings (SSSR count). The van der Waals surface area contributed by atoms with Crippen molar-refractivity contribution in [2.45, 2.75) is 32.2 Å². The first-order valence-corrected chi connectivity index (χ1v) is 5.92. The van der Waals surface area contributed by atoms with Gasteiger partial charge in [-0.2, -0.15) is 0 Å². The number of nitrogens with zero attached hydrogens (tertiary/aromatic N) is 2. The van der Waals surface area contributed by atoms with Gasteiger partial charge in [-0.15, -0.1) is 0 Å². The molecule has 0 radical (unpaired) electrons. The summed E-state index contributed by atoms with van der Waals surface area (Å²) in [5.41, 5.74) is 11.2. The highest BCUT2D eigenvalue weighted by Crippen LogP contribution is 2.02. The van der Waals surface area contributed by atoms with Gasteiger partial charge in [-0.1, -0.05) is 0 Å². The number of hydrogen-bond donors (Lipinski definition) is 4. The summed E-state index contributed by atoms with van der Waals surface area (Å²) in [4.78, 5) is 22.4. The molecule has 0 spiro atoms. The van der Waals surface area contributed by atoms with E-state index < -0.39 is 6.04 Å². The van der Waals surface area contributed by atoms with E-state index in [1.807, 2.05) is 0 Å². The van der Waals surface area contributed by atoms with Gasteiger partial charge in [-0.05, 0) is 26.2 Å². The van der Waals surface area contributed by atoms with Crippen molar-refractivity contribution >= 4 is 17.7 Å². The molecule has 0 aliphatic carbocycles. The topological polar surface area (TPSA) is 122 Å². The third kappa shape index (κ3) is 5.44. The van der Waals surface area contributed by atoms with E-state index in [2.05, 4.69) is 20.3 Å². The number of amides is 1. The van der Waals surface area contributed by atoms with Crippen LogP contribution < -0.4 is 16.8 Å². The van der Waals surface area contributed by atoms with E-state index in [0.717, 1.165) is 12.8 Å². The van der Waals surface area contributed by atoms with Crippen LogP contribution >= 0.6 is 0 Å². The zero-order valence-corrected chi connectivity index (χ0v) is 10.5. The molecule has 1 atom stereocenters. The van der Waals surface area contributed by atoms with E-state index in [4.69, 9.17) is 11.5 Å². The maximum atomic E-state index is 11.6. The van der Waals surface area contributed by atoms with Gasteiger partial charge in [0.25, 0.3) is 0 Å². The summed E-state index contributed by atoms with van der Waals surface area (Å²) in [7, 11) is 0. The fraction of sp³-hybridized carbons (Fsp3) is 0.545. The fourth-order valence-corrected chi connectivity index (χ4v) is 1.41. The van der Waals surface area contributed by atoms with Crippen LogP contribution in [0.2, 0.25) is 0 Å². The Labute approximate surface area is 106 Å². The molecule has 0 saturated carbocycles. The Morgan fingerprint density at radius 3 is 3.00 bits per heavy atom. The zero-order valence-electron chi connectivity index (χ0n) is 10.5. The standard InChI is InChI=1S/C11H20N6O/c1-8(12)14-5-3-2-4-9(13)10(18)17-11-15-6-7-16-11/h6-7,9H,2-5,13H2,1H3,(H2,12,14)(H2,15,16,17,18). The Morgan fingerprint density at radius 1 is 1.61 bits per heavy atom. The van der Waals surface area contributed by atoms with Crippen molar-refractivity contribution in [1.29, 1.82) is 0 Å². The number of H-pyrrole nitrogens is 1. The van der Waals surface area contributed by atoms with Crippen LogP contribution in [0.5, 0.6) is 0 Å². The average molecular weight is 252 g/mol. The van der Waals surface area contributed by atoms with Crippen LogP contribution in [0.1, 0.15) is 26.2 Å². The lowest BCUT2D eigenvalue weighted by atomic mass is 10.1. The third-order valence-corrected chi connectivity index (χ3v) is 2.36. The molecule has 0 aliphatic rings. The minimum absolute atomic E-state index is 0.233. The number of aromatic amines is 1. The second-order valence-corrected chi connectivity index (χ2v) is 4.05. The van der Waals surface area contributed by atoms with Gasteiger partial charge >= 0.3 is 0 Å². The normalized spacial score (nSPS) is 13.3. The Kier molecular flexibility index (Phi) is 5.86. The first-order chi connectivity index (χ1) is 8.59. The Bertz CT molecular complexity index is 382. The number of nitrogens with one attached hydrogen (secondary N) is 2. The van der Waals surface area contributed by atoms with Gasteiger partial charge in [0.1, 0.15) is 0 Å². The number of aromatic nitrogens is 2. The summed E-state index contributed by atoms with van der Waals surface area (Å²) >= 11 is 0. The van der Waals surface area contributed by atoms with Crippen molar-refractivity contribution in [1.82, 2.24) is 9.97 Å². The predicted molar refractivity (Wildman–Crippen MR) is 71.2 cm³/mol. The van der Waals surface area contributed by atoms with E-state index in [9.17, 15) is 4.79 Å². The van der Waals surface area contributed by atoms with Gasteiger partial charge < -0.3 is 16.5 Å². The molecule has 0 aliphatic heterocycles. The molecule has 100 valence electrons. The van der Waals surface area contributed by atoms with Crippen LogP contribution in [0.25, 0.3) is 0 Å². The number of carbonyl (C=O) groups is 1. The lowest BCUT2D eigenvalue weighted by molar-refractivity contribution is -0.117. The Morgan fingerprint density at radius 2 is 2.39 bits per heavy atom. The van der Waals surface area contributed by atoms with Crippen molar-refractivity contribution in [2.75, 3.05) is 11.9 Å². The summed E-state index contributed by atoms with van der Waals surface area (Å²) in [6, 6.07) is -0.530. The maximum absolute atomic E-state index is 11.6. The molecule has 1 unspecified atom stereocenters. The molecule has 0 aromatic carbocycles. The van der Waals surface area contributed by atoms with Crippen LogP contribution in [-0.4, -0.2) is 34.3 Å². The molecule has 1 aromatic rings. The molecule has 7 nitrogen and oxygen atoms in total. The average Bonchev–Trinajstić information content (AvgIpc) is 2.80.